The predicted molar refractivity (Wildman–Crippen MR) is 52.8 cm³/mol. The van der Waals surface area contributed by atoms with Crippen LogP contribution in [0.3, 0.4) is 0 Å². The van der Waals surface area contributed by atoms with Crippen LogP contribution in [0, 0.1) is 11.8 Å². The normalized spacial score (nSPS) is 27.5. The maximum absolute atomic E-state index is 11.2. The van der Waals surface area contributed by atoms with Crippen molar-refractivity contribution in [3.63, 3.8) is 0 Å². The van der Waals surface area contributed by atoms with Gasteiger partial charge in [0.2, 0.25) is 0 Å². The summed E-state index contributed by atoms with van der Waals surface area (Å²) in [4.78, 5) is 11.2. The Kier molecular flexibility index (Phi) is 4.57. The second kappa shape index (κ2) is 5.48. The van der Waals surface area contributed by atoms with E-state index >= 15 is 0 Å². The third kappa shape index (κ3) is 3.18. The van der Waals surface area contributed by atoms with Crippen molar-refractivity contribution in [3.05, 3.63) is 0 Å². The molecule has 0 spiro atoms. The van der Waals surface area contributed by atoms with Gasteiger partial charge >= 0.3 is 5.97 Å². The highest BCUT2D eigenvalue weighted by molar-refractivity contribution is 6.18. The fourth-order valence-electron chi connectivity index (χ4n) is 2.02. The van der Waals surface area contributed by atoms with Gasteiger partial charge in [0, 0.05) is 12.3 Å². The molecule has 0 saturated heterocycles. The van der Waals surface area contributed by atoms with Crippen LogP contribution in [-0.2, 0) is 9.53 Å². The number of alkyl halides is 1. The van der Waals surface area contributed by atoms with E-state index in [2.05, 4.69) is 0 Å². The summed E-state index contributed by atoms with van der Waals surface area (Å²) in [6, 6.07) is 0. The minimum atomic E-state index is -0.0653. The first-order chi connectivity index (χ1) is 6.27. The van der Waals surface area contributed by atoms with Crippen LogP contribution in [-0.4, -0.2) is 18.5 Å². The molecule has 0 bridgehead atoms. The van der Waals surface area contributed by atoms with Crippen LogP contribution >= 0.6 is 11.6 Å². The molecular weight excluding hydrogens is 188 g/mol. The van der Waals surface area contributed by atoms with Crippen molar-refractivity contribution < 1.29 is 9.53 Å². The average molecular weight is 205 g/mol. The van der Waals surface area contributed by atoms with Gasteiger partial charge in [-0.25, -0.2) is 0 Å². The van der Waals surface area contributed by atoms with Crippen molar-refractivity contribution in [1.82, 2.24) is 0 Å². The predicted octanol–water partition coefficient (Wildman–Crippen LogP) is 2.59. The van der Waals surface area contributed by atoms with E-state index in [1.54, 1.807) is 0 Å². The molecule has 3 heteroatoms. The van der Waals surface area contributed by atoms with Gasteiger partial charge < -0.3 is 4.74 Å². The van der Waals surface area contributed by atoms with Gasteiger partial charge in [0.05, 0.1) is 6.61 Å². The molecule has 1 fully saturated rings. The second-order valence-corrected chi connectivity index (χ2v) is 3.92. The summed E-state index contributed by atoms with van der Waals surface area (Å²) < 4.78 is 4.91. The number of ether oxygens (including phenoxy) is 1. The SMILES string of the molecule is CCOC(=O)C[C@@H]1CCC[C@@H]1CCl. The molecule has 0 unspecified atom stereocenters. The third-order valence-electron chi connectivity index (χ3n) is 2.75. The number of hydrogen-bond donors (Lipinski definition) is 0. The van der Waals surface area contributed by atoms with E-state index in [1.807, 2.05) is 6.92 Å². The summed E-state index contributed by atoms with van der Waals surface area (Å²) in [7, 11) is 0. The van der Waals surface area contributed by atoms with E-state index < -0.39 is 0 Å². The Morgan fingerprint density at radius 1 is 1.46 bits per heavy atom. The standard InChI is InChI=1S/C10H17ClO2/c1-2-13-10(12)6-8-4-3-5-9(8)7-11/h8-9H,2-7H2,1H3/t8-,9+/m0/s1. The molecule has 1 aliphatic carbocycles. The number of carbonyl (C=O) groups excluding carboxylic acids is 1. The average Bonchev–Trinajstić information content (AvgIpc) is 2.52. The maximum atomic E-state index is 11.2. The monoisotopic (exact) mass is 204 g/mol. The van der Waals surface area contributed by atoms with E-state index in [0.717, 1.165) is 6.42 Å². The molecule has 76 valence electrons. The molecule has 2 nitrogen and oxygen atoms in total. The third-order valence-corrected chi connectivity index (χ3v) is 3.15. The zero-order valence-electron chi connectivity index (χ0n) is 8.09. The van der Waals surface area contributed by atoms with Gasteiger partial charge in [0.1, 0.15) is 0 Å². The van der Waals surface area contributed by atoms with Crippen LogP contribution in [0.25, 0.3) is 0 Å². The number of esters is 1. The molecular formula is C10H17ClO2. The zero-order chi connectivity index (χ0) is 9.68. The van der Waals surface area contributed by atoms with Crippen molar-refractivity contribution in [2.75, 3.05) is 12.5 Å². The Bertz CT molecular complexity index is 170. The van der Waals surface area contributed by atoms with Gasteiger partial charge in [-0.1, -0.05) is 6.42 Å². The van der Waals surface area contributed by atoms with Crippen LogP contribution in [0.2, 0.25) is 0 Å². The first-order valence-electron chi connectivity index (χ1n) is 4.99. The van der Waals surface area contributed by atoms with E-state index in [9.17, 15) is 4.79 Å². The summed E-state index contributed by atoms with van der Waals surface area (Å²) in [5.41, 5.74) is 0. The summed E-state index contributed by atoms with van der Waals surface area (Å²) in [5.74, 6) is 1.62. The first kappa shape index (κ1) is 10.8. The minimum absolute atomic E-state index is 0.0653. The lowest BCUT2D eigenvalue weighted by Crippen LogP contribution is -2.16. The Hall–Kier alpha value is -0.240. The van der Waals surface area contributed by atoms with E-state index in [0.29, 0.717) is 30.7 Å². The Labute approximate surface area is 84.6 Å². The molecule has 0 aromatic carbocycles. The number of hydrogen-bond acceptors (Lipinski definition) is 2. The molecule has 1 rings (SSSR count). The molecule has 1 saturated carbocycles. The Balaban J connectivity index is 2.30. The highest BCUT2D eigenvalue weighted by Crippen LogP contribution is 2.34. The second-order valence-electron chi connectivity index (χ2n) is 3.61. The van der Waals surface area contributed by atoms with Crippen molar-refractivity contribution in [2.24, 2.45) is 11.8 Å². The molecule has 13 heavy (non-hydrogen) atoms. The fraction of sp³-hybridized carbons (Fsp3) is 0.900. The summed E-state index contributed by atoms with van der Waals surface area (Å²) >= 11 is 5.81. The van der Waals surface area contributed by atoms with Gasteiger partial charge in [-0.3, -0.25) is 4.79 Å². The summed E-state index contributed by atoms with van der Waals surface area (Å²) in [6.45, 7) is 2.32. The Morgan fingerprint density at radius 3 is 2.77 bits per heavy atom. The minimum Gasteiger partial charge on any atom is -0.466 e. The van der Waals surface area contributed by atoms with Crippen LogP contribution in [0.4, 0.5) is 0 Å². The molecule has 0 radical (unpaired) electrons. The topological polar surface area (TPSA) is 26.3 Å². The van der Waals surface area contributed by atoms with Gasteiger partial charge in [-0.05, 0) is 31.6 Å². The first-order valence-corrected chi connectivity index (χ1v) is 5.53. The molecule has 0 aromatic heterocycles. The van der Waals surface area contributed by atoms with E-state index in [4.69, 9.17) is 16.3 Å². The zero-order valence-corrected chi connectivity index (χ0v) is 8.85. The molecule has 1 aliphatic rings. The molecule has 0 amide bonds. The van der Waals surface area contributed by atoms with Crippen molar-refractivity contribution in [2.45, 2.75) is 32.6 Å². The lowest BCUT2D eigenvalue weighted by Gasteiger charge is -2.15. The van der Waals surface area contributed by atoms with Crippen LogP contribution in [0.5, 0.6) is 0 Å². The van der Waals surface area contributed by atoms with Crippen molar-refractivity contribution in [1.29, 1.82) is 0 Å². The lowest BCUT2D eigenvalue weighted by atomic mass is 9.95. The van der Waals surface area contributed by atoms with Gasteiger partial charge in [0.15, 0.2) is 0 Å². The van der Waals surface area contributed by atoms with E-state index in [-0.39, 0.29) is 5.97 Å². The molecule has 0 aromatic rings. The largest absolute Gasteiger partial charge is 0.466 e. The van der Waals surface area contributed by atoms with Gasteiger partial charge in [-0.2, -0.15) is 0 Å². The summed E-state index contributed by atoms with van der Waals surface area (Å²) in [6.07, 6.45) is 4.08. The van der Waals surface area contributed by atoms with Gasteiger partial charge in [-0.15, -0.1) is 11.6 Å². The summed E-state index contributed by atoms with van der Waals surface area (Å²) in [5, 5.41) is 0. The molecule has 0 N–H and O–H groups in total. The number of rotatable bonds is 4. The highest BCUT2D eigenvalue weighted by atomic mass is 35.5. The molecule has 0 aliphatic heterocycles. The Morgan fingerprint density at radius 2 is 2.15 bits per heavy atom. The molecule has 2 atom stereocenters. The van der Waals surface area contributed by atoms with Crippen molar-refractivity contribution in [3.8, 4) is 0 Å². The van der Waals surface area contributed by atoms with Crippen molar-refractivity contribution >= 4 is 17.6 Å². The fourth-order valence-corrected chi connectivity index (χ4v) is 2.43. The smallest absolute Gasteiger partial charge is 0.306 e. The van der Waals surface area contributed by atoms with Crippen LogP contribution in [0.15, 0.2) is 0 Å². The van der Waals surface area contributed by atoms with Crippen LogP contribution < -0.4 is 0 Å². The highest BCUT2D eigenvalue weighted by Gasteiger charge is 2.28. The number of halogens is 1. The quantitative estimate of drug-likeness (QED) is 0.520. The maximum Gasteiger partial charge on any atom is 0.306 e. The van der Waals surface area contributed by atoms with E-state index in [1.165, 1.54) is 12.8 Å². The van der Waals surface area contributed by atoms with Crippen LogP contribution in [0.1, 0.15) is 32.6 Å². The van der Waals surface area contributed by atoms with Gasteiger partial charge in [0.25, 0.3) is 0 Å². The molecule has 0 heterocycles. The number of carbonyl (C=O) groups is 1. The lowest BCUT2D eigenvalue weighted by molar-refractivity contribution is -0.144.